The van der Waals surface area contributed by atoms with Gasteiger partial charge < -0.3 is 19.5 Å². The highest BCUT2D eigenvalue weighted by Gasteiger charge is 2.27. The van der Waals surface area contributed by atoms with Gasteiger partial charge in [0, 0.05) is 18.5 Å². The summed E-state index contributed by atoms with van der Waals surface area (Å²) in [5, 5.41) is 9.08. The maximum atomic E-state index is 11.0. The van der Waals surface area contributed by atoms with Crippen LogP contribution in [0.1, 0.15) is 32.3 Å². The average Bonchev–Trinajstić information content (AvgIpc) is 2.82. The first-order chi connectivity index (χ1) is 10.3. The van der Waals surface area contributed by atoms with Gasteiger partial charge in [-0.25, -0.2) is 0 Å². The van der Waals surface area contributed by atoms with Crippen LogP contribution in [0.15, 0.2) is 18.2 Å². The fourth-order valence-corrected chi connectivity index (χ4v) is 2.84. The van der Waals surface area contributed by atoms with Gasteiger partial charge in [0.05, 0.1) is 13.5 Å². The zero-order valence-corrected chi connectivity index (χ0v) is 13.8. The molecule has 1 unspecified atom stereocenters. The Kier molecular flexibility index (Phi) is 4.96. The molecule has 122 valence electrons. The number of carbonyl (C=O) groups is 1. The van der Waals surface area contributed by atoms with Crippen LogP contribution in [-0.2, 0) is 10.2 Å². The molecule has 0 amide bonds. The molecule has 0 radical (unpaired) electrons. The Morgan fingerprint density at radius 2 is 2.14 bits per heavy atom. The Bertz CT molecular complexity index is 541. The van der Waals surface area contributed by atoms with Crippen molar-refractivity contribution in [3.05, 3.63) is 23.8 Å². The minimum absolute atomic E-state index is 0.0743. The number of carboxylic acids is 1. The van der Waals surface area contributed by atoms with E-state index in [4.69, 9.17) is 14.6 Å². The Morgan fingerprint density at radius 1 is 1.41 bits per heavy atom. The number of hydrogen-bond donors (Lipinski definition) is 1. The van der Waals surface area contributed by atoms with Crippen LogP contribution in [0.25, 0.3) is 0 Å². The molecule has 1 heterocycles. The Morgan fingerprint density at radius 3 is 2.68 bits per heavy atom. The second kappa shape index (κ2) is 6.57. The lowest BCUT2D eigenvalue weighted by atomic mass is 9.81. The minimum Gasteiger partial charge on any atom is -0.493 e. The molecule has 5 nitrogen and oxygen atoms in total. The smallest absolute Gasteiger partial charge is 0.304 e. The van der Waals surface area contributed by atoms with Gasteiger partial charge in [-0.2, -0.15) is 0 Å². The van der Waals surface area contributed by atoms with Crippen molar-refractivity contribution in [1.29, 1.82) is 0 Å². The van der Waals surface area contributed by atoms with Crippen LogP contribution in [0, 0.1) is 0 Å². The quantitative estimate of drug-likeness (QED) is 0.875. The summed E-state index contributed by atoms with van der Waals surface area (Å²) in [5.74, 6) is 0.573. The average molecular weight is 307 g/mol. The summed E-state index contributed by atoms with van der Waals surface area (Å²) in [7, 11) is 3.69. The number of methoxy groups -OCH3 is 1. The Hall–Kier alpha value is -1.75. The number of hydrogen-bond acceptors (Lipinski definition) is 4. The fourth-order valence-electron chi connectivity index (χ4n) is 2.84. The summed E-state index contributed by atoms with van der Waals surface area (Å²) in [6.07, 6.45) is 1.21. The number of aliphatic carboxylic acids is 1. The molecule has 22 heavy (non-hydrogen) atoms. The third kappa shape index (κ3) is 3.91. The number of nitrogens with zero attached hydrogens (tertiary/aromatic N) is 1. The minimum atomic E-state index is -0.805. The van der Waals surface area contributed by atoms with Gasteiger partial charge in [0.25, 0.3) is 0 Å². The van der Waals surface area contributed by atoms with Gasteiger partial charge in [-0.15, -0.1) is 0 Å². The summed E-state index contributed by atoms with van der Waals surface area (Å²) in [5.41, 5.74) is 0.486. The maximum Gasteiger partial charge on any atom is 0.304 e. The normalized spacial score (nSPS) is 19.2. The summed E-state index contributed by atoms with van der Waals surface area (Å²) in [6.45, 7) is 5.77. The van der Waals surface area contributed by atoms with Crippen molar-refractivity contribution >= 4 is 5.97 Å². The van der Waals surface area contributed by atoms with E-state index in [1.165, 1.54) is 0 Å². The lowest BCUT2D eigenvalue weighted by Gasteiger charge is -2.25. The molecule has 1 aliphatic heterocycles. The van der Waals surface area contributed by atoms with Crippen molar-refractivity contribution in [3.63, 3.8) is 0 Å². The number of likely N-dealkylation sites (N-methyl/N-ethyl adjacent to an activating group) is 1. The molecule has 1 atom stereocenters. The molecule has 2 rings (SSSR count). The van der Waals surface area contributed by atoms with Crippen molar-refractivity contribution in [2.24, 2.45) is 0 Å². The molecule has 0 bridgehead atoms. The van der Waals surface area contributed by atoms with Crippen molar-refractivity contribution in [1.82, 2.24) is 4.90 Å². The molecule has 0 aromatic heterocycles. The van der Waals surface area contributed by atoms with Gasteiger partial charge in [0.15, 0.2) is 11.5 Å². The first-order valence-corrected chi connectivity index (χ1v) is 7.57. The lowest BCUT2D eigenvalue weighted by Crippen LogP contribution is -2.23. The van der Waals surface area contributed by atoms with E-state index in [0.717, 1.165) is 25.1 Å². The van der Waals surface area contributed by atoms with E-state index >= 15 is 0 Å². The van der Waals surface area contributed by atoms with E-state index in [9.17, 15) is 4.79 Å². The van der Waals surface area contributed by atoms with E-state index in [2.05, 4.69) is 11.9 Å². The second-order valence-electron chi connectivity index (χ2n) is 6.61. The van der Waals surface area contributed by atoms with Crippen LogP contribution in [0.5, 0.6) is 11.5 Å². The van der Waals surface area contributed by atoms with Crippen LogP contribution in [0.4, 0.5) is 0 Å². The summed E-state index contributed by atoms with van der Waals surface area (Å²) in [4.78, 5) is 13.3. The predicted molar refractivity (Wildman–Crippen MR) is 84.8 cm³/mol. The van der Waals surface area contributed by atoms with Gasteiger partial charge in [-0.1, -0.05) is 19.9 Å². The number of likely N-dealkylation sites (tertiary alicyclic amines) is 1. The second-order valence-corrected chi connectivity index (χ2v) is 6.61. The number of ether oxygens (including phenoxy) is 2. The topological polar surface area (TPSA) is 59.0 Å². The number of carboxylic acid groups (broad SMARTS) is 1. The predicted octanol–water partition coefficient (Wildman–Crippen LogP) is 2.53. The summed E-state index contributed by atoms with van der Waals surface area (Å²) < 4.78 is 11.5. The monoisotopic (exact) mass is 307 g/mol. The van der Waals surface area contributed by atoms with E-state index in [-0.39, 0.29) is 12.5 Å². The van der Waals surface area contributed by atoms with Crippen LogP contribution >= 0.6 is 0 Å². The third-order valence-electron chi connectivity index (χ3n) is 4.18. The van der Waals surface area contributed by atoms with Crippen molar-refractivity contribution in [3.8, 4) is 11.5 Å². The maximum absolute atomic E-state index is 11.0. The highest BCUT2D eigenvalue weighted by atomic mass is 16.5. The largest absolute Gasteiger partial charge is 0.493 e. The van der Waals surface area contributed by atoms with Crippen LogP contribution in [-0.4, -0.2) is 49.3 Å². The van der Waals surface area contributed by atoms with E-state index < -0.39 is 11.4 Å². The highest BCUT2D eigenvalue weighted by Crippen LogP contribution is 2.36. The van der Waals surface area contributed by atoms with E-state index in [0.29, 0.717) is 11.5 Å². The molecule has 1 aliphatic rings. The molecule has 1 saturated heterocycles. The molecule has 0 saturated carbocycles. The van der Waals surface area contributed by atoms with Crippen LogP contribution in [0.3, 0.4) is 0 Å². The SMILES string of the molecule is COc1ccc(C(C)(C)CC(=O)O)cc1OC1CCN(C)C1. The molecule has 1 N–H and O–H groups in total. The molecular formula is C17H25NO4. The summed E-state index contributed by atoms with van der Waals surface area (Å²) >= 11 is 0. The van der Waals surface area contributed by atoms with Gasteiger partial charge in [0.2, 0.25) is 0 Å². The zero-order valence-electron chi connectivity index (χ0n) is 13.8. The number of rotatable bonds is 6. The van der Waals surface area contributed by atoms with Gasteiger partial charge in [0.1, 0.15) is 6.10 Å². The molecule has 1 aromatic rings. The van der Waals surface area contributed by atoms with Gasteiger partial charge in [-0.05, 0) is 31.2 Å². The molecule has 1 aromatic carbocycles. The van der Waals surface area contributed by atoms with Crippen molar-refractivity contribution in [2.45, 2.75) is 38.2 Å². The summed E-state index contributed by atoms with van der Waals surface area (Å²) in [6, 6.07) is 5.68. The van der Waals surface area contributed by atoms with E-state index in [1.54, 1.807) is 7.11 Å². The third-order valence-corrected chi connectivity index (χ3v) is 4.18. The number of benzene rings is 1. The van der Waals surface area contributed by atoms with Crippen molar-refractivity contribution < 1.29 is 19.4 Å². The van der Waals surface area contributed by atoms with Crippen LogP contribution in [0.2, 0.25) is 0 Å². The van der Waals surface area contributed by atoms with Gasteiger partial charge >= 0.3 is 5.97 Å². The first kappa shape index (κ1) is 16.6. The molecule has 5 heteroatoms. The Balaban J connectivity index is 2.24. The fraction of sp³-hybridized carbons (Fsp3) is 0.588. The molecule has 0 spiro atoms. The van der Waals surface area contributed by atoms with Crippen molar-refractivity contribution in [2.75, 3.05) is 27.2 Å². The van der Waals surface area contributed by atoms with Gasteiger partial charge in [-0.3, -0.25) is 4.79 Å². The zero-order chi connectivity index (χ0) is 16.3. The first-order valence-electron chi connectivity index (χ1n) is 7.57. The molecular weight excluding hydrogens is 282 g/mol. The highest BCUT2D eigenvalue weighted by molar-refractivity contribution is 5.69. The molecule has 0 aliphatic carbocycles. The lowest BCUT2D eigenvalue weighted by molar-refractivity contribution is -0.138. The molecule has 1 fully saturated rings. The van der Waals surface area contributed by atoms with Crippen LogP contribution < -0.4 is 9.47 Å². The standard InChI is InChI=1S/C17H25NO4/c1-17(2,10-16(19)20)12-5-6-14(21-4)15(9-12)22-13-7-8-18(3)11-13/h5-6,9,13H,7-8,10-11H2,1-4H3,(H,19,20). The Labute approximate surface area is 131 Å². The van der Waals surface area contributed by atoms with E-state index in [1.807, 2.05) is 32.0 Å².